The highest BCUT2D eigenvalue weighted by atomic mass is 32.1. The SMILES string of the molecule is Cc1ccccc1CCNC(=S)NCc1ccc2c(c1)OCO2. The molecule has 0 saturated carbocycles. The molecule has 1 heterocycles. The van der Waals surface area contributed by atoms with Crippen LogP contribution in [0.1, 0.15) is 16.7 Å². The van der Waals surface area contributed by atoms with E-state index in [1.165, 1.54) is 11.1 Å². The number of rotatable bonds is 5. The second kappa shape index (κ2) is 7.33. The zero-order valence-electron chi connectivity index (χ0n) is 13.1. The molecule has 4 nitrogen and oxygen atoms in total. The standard InChI is InChI=1S/C18H20N2O2S/c1-13-4-2-3-5-15(13)8-9-19-18(23)20-11-14-6-7-16-17(10-14)22-12-21-16/h2-7,10H,8-9,11-12H2,1H3,(H2,19,20,23). The lowest BCUT2D eigenvalue weighted by atomic mass is 10.1. The van der Waals surface area contributed by atoms with Gasteiger partial charge in [-0.3, -0.25) is 0 Å². The van der Waals surface area contributed by atoms with Crippen LogP contribution in [-0.2, 0) is 13.0 Å². The van der Waals surface area contributed by atoms with Crippen LogP contribution in [0, 0.1) is 6.92 Å². The highest BCUT2D eigenvalue weighted by molar-refractivity contribution is 7.80. The number of aryl methyl sites for hydroxylation is 1. The van der Waals surface area contributed by atoms with Gasteiger partial charge in [-0.05, 0) is 54.4 Å². The van der Waals surface area contributed by atoms with E-state index in [1.807, 2.05) is 18.2 Å². The first-order valence-electron chi connectivity index (χ1n) is 7.67. The van der Waals surface area contributed by atoms with Gasteiger partial charge < -0.3 is 20.1 Å². The quantitative estimate of drug-likeness (QED) is 0.826. The maximum atomic E-state index is 5.37. The van der Waals surface area contributed by atoms with Crippen LogP contribution in [0.3, 0.4) is 0 Å². The topological polar surface area (TPSA) is 42.5 Å². The molecule has 0 unspecified atom stereocenters. The van der Waals surface area contributed by atoms with Crippen molar-refractivity contribution in [1.29, 1.82) is 0 Å². The minimum atomic E-state index is 0.297. The van der Waals surface area contributed by atoms with E-state index in [4.69, 9.17) is 21.7 Å². The number of ether oxygens (including phenoxy) is 2. The molecule has 0 atom stereocenters. The average Bonchev–Trinajstić information content (AvgIpc) is 3.02. The first-order valence-corrected chi connectivity index (χ1v) is 8.08. The van der Waals surface area contributed by atoms with Crippen LogP contribution in [0.2, 0.25) is 0 Å². The molecule has 23 heavy (non-hydrogen) atoms. The van der Waals surface area contributed by atoms with Gasteiger partial charge in [-0.15, -0.1) is 0 Å². The van der Waals surface area contributed by atoms with E-state index < -0.39 is 0 Å². The predicted octanol–water partition coefficient (Wildman–Crippen LogP) is 2.93. The van der Waals surface area contributed by atoms with Crippen molar-refractivity contribution in [2.45, 2.75) is 19.9 Å². The molecule has 1 aliphatic heterocycles. The van der Waals surface area contributed by atoms with Crippen molar-refractivity contribution in [2.24, 2.45) is 0 Å². The van der Waals surface area contributed by atoms with Gasteiger partial charge in [-0.25, -0.2) is 0 Å². The molecule has 0 aliphatic carbocycles. The third-order valence-corrected chi connectivity index (χ3v) is 4.12. The summed E-state index contributed by atoms with van der Waals surface area (Å²) in [5, 5.41) is 7.12. The normalized spacial score (nSPS) is 12.0. The summed E-state index contributed by atoms with van der Waals surface area (Å²) in [7, 11) is 0. The van der Waals surface area contributed by atoms with Gasteiger partial charge in [-0.1, -0.05) is 30.3 Å². The molecule has 5 heteroatoms. The van der Waals surface area contributed by atoms with Gasteiger partial charge >= 0.3 is 0 Å². The summed E-state index contributed by atoms with van der Waals surface area (Å²) in [4.78, 5) is 0. The number of thiocarbonyl (C=S) groups is 1. The van der Waals surface area contributed by atoms with Gasteiger partial charge in [-0.2, -0.15) is 0 Å². The fraction of sp³-hybridized carbons (Fsp3) is 0.278. The van der Waals surface area contributed by atoms with Gasteiger partial charge in [0.05, 0.1) is 0 Å². The van der Waals surface area contributed by atoms with Crippen molar-refractivity contribution in [2.75, 3.05) is 13.3 Å². The highest BCUT2D eigenvalue weighted by Crippen LogP contribution is 2.32. The van der Waals surface area contributed by atoms with E-state index in [0.29, 0.717) is 18.5 Å². The third-order valence-electron chi connectivity index (χ3n) is 3.83. The van der Waals surface area contributed by atoms with Crippen LogP contribution >= 0.6 is 12.2 Å². The van der Waals surface area contributed by atoms with Gasteiger partial charge in [0.15, 0.2) is 16.6 Å². The summed E-state index contributed by atoms with van der Waals surface area (Å²) in [6, 6.07) is 14.3. The molecule has 0 radical (unpaired) electrons. The molecule has 1 aliphatic rings. The largest absolute Gasteiger partial charge is 0.454 e. The summed E-state index contributed by atoms with van der Waals surface area (Å²) in [6.45, 7) is 3.90. The van der Waals surface area contributed by atoms with Crippen LogP contribution < -0.4 is 20.1 Å². The Balaban J connectivity index is 1.42. The van der Waals surface area contributed by atoms with Crippen LogP contribution in [0.5, 0.6) is 11.5 Å². The van der Waals surface area contributed by atoms with E-state index in [9.17, 15) is 0 Å². The van der Waals surface area contributed by atoms with Gasteiger partial charge in [0, 0.05) is 13.1 Å². The molecular weight excluding hydrogens is 308 g/mol. The number of hydrogen-bond donors (Lipinski definition) is 2. The van der Waals surface area contributed by atoms with E-state index in [2.05, 4.69) is 41.8 Å². The molecule has 0 fully saturated rings. The minimum Gasteiger partial charge on any atom is -0.454 e. The van der Waals surface area contributed by atoms with Crippen molar-refractivity contribution >= 4 is 17.3 Å². The Kier molecular flexibility index (Phi) is 4.98. The Morgan fingerprint density at radius 3 is 2.78 bits per heavy atom. The van der Waals surface area contributed by atoms with Gasteiger partial charge in [0.25, 0.3) is 0 Å². The average molecular weight is 328 g/mol. The number of benzene rings is 2. The Bertz CT molecular complexity index is 703. The zero-order valence-corrected chi connectivity index (χ0v) is 13.9. The summed E-state index contributed by atoms with van der Waals surface area (Å²) in [6.07, 6.45) is 0.957. The Morgan fingerprint density at radius 2 is 1.91 bits per heavy atom. The summed E-state index contributed by atoms with van der Waals surface area (Å²) in [5.74, 6) is 1.59. The van der Waals surface area contributed by atoms with Crippen molar-refractivity contribution in [3.8, 4) is 11.5 Å². The monoisotopic (exact) mass is 328 g/mol. The van der Waals surface area contributed by atoms with E-state index in [1.54, 1.807) is 0 Å². The molecule has 120 valence electrons. The molecule has 0 spiro atoms. The molecule has 0 amide bonds. The Morgan fingerprint density at radius 1 is 1.09 bits per heavy atom. The first-order chi connectivity index (χ1) is 11.2. The second-order valence-electron chi connectivity index (χ2n) is 5.47. The summed E-state index contributed by atoms with van der Waals surface area (Å²) < 4.78 is 10.7. The first kappa shape index (κ1) is 15.6. The molecule has 0 saturated heterocycles. The van der Waals surface area contributed by atoms with Crippen LogP contribution in [0.25, 0.3) is 0 Å². The Labute approximate surface area is 141 Å². The summed E-state index contributed by atoms with van der Waals surface area (Å²) in [5.41, 5.74) is 3.77. The van der Waals surface area contributed by atoms with Crippen molar-refractivity contribution in [3.05, 3.63) is 59.2 Å². The highest BCUT2D eigenvalue weighted by Gasteiger charge is 2.12. The van der Waals surface area contributed by atoms with Crippen LogP contribution in [-0.4, -0.2) is 18.5 Å². The molecule has 3 rings (SSSR count). The van der Waals surface area contributed by atoms with Crippen molar-refractivity contribution in [3.63, 3.8) is 0 Å². The molecule has 2 aromatic rings. The molecule has 2 aromatic carbocycles. The van der Waals surface area contributed by atoms with Crippen molar-refractivity contribution < 1.29 is 9.47 Å². The smallest absolute Gasteiger partial charge is 0.231 e. The zero-order chi connectivity index (χ0) is 16.1. The van der Waals surface area contributed by atoms with Crippen LogP contribution in [0.15, 0.2) is 42.5 Å². The molecule has 2 N–H and O–H groups in total. The minimum absolute atomic E-state index is 0.297. The van der Waals surface area contributed by atoms with Gasteiger partial charge in [0.2, 0.25) is 6.79 Å². The van der Waals surface area contributed by atoms with Gasteiger partial charge in [0.1, 0.15) is 0 Å². The fourth-order valence-electron chi connectivity index (χ4n) is 2.50. The number of hydrogen-bond acceptors (Lipinski definition) is 3. The molecular formula is C18H20N2O2S. The lowest BCUT2D eigenvalue weighted by molar-refractivity contribution is 0.174. The second-order valence-corrected chi connectivity index (χ2v) is 5.88. The fourth-order valence-corrected chi connectivity index (χ4v) is 2.67. The Hall–Kier alpha value is -2.27. The number of nitrogens with one attached hydrogen (secondary N) is 2. The lowest BCUT2D eigenvalue weighted by Gasteiger charge is -2.11. The number of fused-ring (bicyclic) bond motifs is 1. The maximum Gasteiger partial charge on any atom is 0.231 e. The molecule has 0 bridgehead atoms. The third kappa shape index (κ3) is 4.13. The van der Waals surface area contributed by atoms with E-state index >= 15 is 0 Å². The van der Waals surface area contributed by atoms with Crippen molar-refractivity contribution in [1.82, 2.24) is 10.6 Å². The maximum absolute atomic E-state index is 5.37. The van der Waals surface area contributed by atoms with E-state index in [0.717, 1.165) is 30.0 Å². The van der Waals surface area contributed by atoms with Crippen LogP contribution in [0.4, 0.5) is 0 Å². The van der Waals surface area contributed by atoms with E-state index in [-0.39, 0.29) is 0 Å². The lowest BCUT2D eigenvalue weighted by Crippen LogP contribution is -2.35. The predicted molar refractivity (Wildman–Crippen MR) is 94.9 cm³/mol. The molecule has 0 aromatic heterocycles. The summed E-state index contributed by atoms with van der Waals surface area (Å²) >= 11 is 5.32.